The summed E-state index contributed by atoms with van der Waals surface area (Å²) in [5.74, 6) is 0.379. The van der Waals surface area contributed by atoms with E-state index in [0.29, 0.717) is 30.0 Å². The zero-order valence-electron chi connectivity index (χ0n) is 18.7. The van der Waals surface area contributed by atoms with Crippen molar-refractivity contribution in [3.63, 3.8) is 0 Å². The number of fused-ring (bicyclic) bond motifs is 1. The van der Waals surface area contributed by atoms with Crippen LogP contribution in [0.3, 0.4) is 0 Å². The first-order chi connectivity index (χ1) is 16.5. The number of aromatic nitrogens is 4. The second-order valence-electron chi connectivity index (χ2n) is 8.57. The Morgan fingerprint density at radius 2 is 2.03 bits per heavy atom. The minimum Gasteiger partial charge on any atom is -0.355 e. The van der Waals surface area contributed by atoms with Gasteiger partial charge < -0.3 is 10.2 Å². The molecule has 0 saturated carbocycles. The van der Waals surface area contributed by atoms with Crippen LogP contribution >= 0.6 is 15.9 Å². The Balaban J connectivity index is 1.33. The highest BCUT2D eigenvalue weighted by Gasteiger charge is 2.28. The van der Waals surface area contributed by atoms with Gasteiger partial charge in [-0.3, -0.25) is 4.79 Å². The minimum absolute atomic E-state index is 0.0451. The Kier molecular flexibility index (Phi) is 6.28. The van der Waals surface area contributed by atoms with Crippen LogP contribution < -0.4 is 10.2 Å². The number of rotatable bonds is 5. The molecule has 1 aliphatic heterocycles. The van der Waals surface area contributed by atoms with Crippen LogP contribution in [0.1, 0.15) is 24.0 Å². The van der Waals surface area contributed by atoms with Gasteiger partial charge >= 0.3 is 0 Å². The quantitative estimate of drug-likeness (QED) is 0.415. The lowest BCUT2D eigenvalue weighted by atomic mass is 9.97. The number of nitrogens with zero attached hydrogens (tertiary/aromatic N) is 5. The number of halogens is 2. The predicted molar refractivity (Wildman–Crippen MR) is 132 cm³/mol. The normalized spacial score (nSPS) is 16.1. The van der Waals surface area contributed by atoms with Crippen molar-refractivity contribution in [3.05, 3.63) is 76.4 Å². The van der Waals surface area contributed by atoms with E-state index < -0.39 is 0 Å². The average Bonchev–Trinajstić information content (AvgIpc) is 3.30. The van der Waals surface area contributed by atoms with E-state index in [2.05, 4.69) is 41.2 Å². The summed E-state index contributed by atoms with van der Waals surface area (Å²) in [5, 5.41) is 8.37. The van der Waals surface area contributed by atoms with Crippen LogP contribution in [0.25, 0.3) is 16.7 Å². The topological polar surface area (TPSA) is 75.9 Å². The Bertz CT molecular complexity index is 1340. The lowest BCUT2D eigenvalue weighted by molar-refractivity contribution is -0.125. The Morgan fingerprint density at radius 3 is 2.82 bits per heavy atom. The van der Waals surface area contributed by atoms with Crippen LogP contribution in [0.2, 0.25) is 0 Å². The van der Waals surface area contributed by atoms with E-state index >= 15 is 0 Å². The van der Waals surface area contributed by atoms with Crippen molar-refractivity contribution in [2.24, 2.45) is 5.92 Å². The molecule has 2 aromatic carbocycles. The monoisotopic (exact) mass is 522 g/mol. The molecule has 1 N–H and O–H groups in total. The predicted octanol–water partition coefficient (Wildman–Crippen LogP) is 4.56. The van der Waals surface area contributed by atoms with Gasteiger partial charge in [-0.2, -0.15) is 0 Å². The highest BCUT2D eigenvalue weighted by atomic mass is 79.9. The summed E-state index contributed by atoms with van der Waals surface area (Å²) in [6.07, 6.45) is 5.03. The Hall–Kier alpha value is -3.33. The Morgan fingerprint density at radius 1 is 1.21 bits per heavy atom. The lowest BCUT2D eigenvalue weighted by Crippen LogP contribution is -2.43. The van der Waals surface area contributed by atoms with Crippen molar-refractivity contribution in [1.29, 1.82) is 0 Å². The molecular formula is C25H24BrFN6O. The molecule has 34 heavy (non-hydrogen) atoms. The number of benzene rings is 2. The van der Waals surface area contributed by atoms with Gasteiger partial charge in [0.15, 0.2) is 5.65 Å². The van der Waals surface area contributed by atoms with Crippen molar-refractivity contribution >= 4 is 38.7 Å². The van der Waals surface area contributed by atoms with E-state index in [4.69, 9.17) is 0 Å². The lowest BCUT2D eigenvalue weighted by Gasteiger charge is -2.33. The maximum absolute atomic E-state index is 14.1. The van der Waals surface area contributed by atoms with Crippen LogP contribution in [0.4, 0.5) is 10.2 Å². The number of nitrogens with one attached hydrogen (secondary N) is 1. The van der Waals surface area contributed by atoms with Crippen LogP contribution in [0.5, 0.6) is 0 Å². The summed E-state index contributed by atoms with van der Waals surface area (Å²) in [4.78, 5) is 23.8. The molecule has 1 aliphatic rings. The summed E-state index contributed by atoms with van der Waals surface area (Å²) in [6.45, 7) is 3.60. The summed E-state index contributed by atoms with van der Waals surface area (Å²) in [7, 11) is 0. The SMILES string of the molecule is Cc1ccc(-n2cc3c(N4CCC[C@H](C(=O)NCc5ccc(Br)cc5)C4)ncnc3n2)cc1F. The molecule has 174 valence electrons. The smallest absolute Gasteiger partial charge is 0.225 e. The molecule has 0 radical (unpaired) electrons. The molecule has 7 nitrogen and oxygen atoms in total. The van der Waals surface area contributed by atoms with Crippen LogP contribution in [0.15, 0.2) is 59.5 Å². The molecule has 3 heterocycles. The van der Waals surface area contributed by atoms with Gasteiger partial charge in [-0.1, -0.05) is 34.1 Å². The number of aryl methyl sites for hydroxylation is 1. The van der Waals surface area contributed by atoms with E-state index in [1.165, 1.54) is 12.4 Å². The van der Waals surface area contributed by atoms with E-state index in [1.54, 1.807) is 17.7 Å². The number of hydrogen-bond acceptors (Lipinski definition) is 5. The molecule has 0 unspecified atom stereocenters. The first-order valence-electron chi connectivity index (χ1n) is 11.2. The molecule has 1 fully saturated rings. The standard InChI is InChI=1S/C25H24BrFN6O/c1-16-4-9-20(11-22(16)27)33-14-21-23(31-33)29-15-30-24(21)32-10-2-3-18(13-32)25(34)28-12-17-5-7-19(26)8-6-17/h4-9,11,14-15,18H,2-3,10,12-13H2,1H3,(H,28,34)/t18-/m0/s1. The van der Waals surface area contributed by atoms with Crippen molar-refractivity contribution in [2.75, 3.05) is 18.0 Å². The van der Waals surface area contributed by atoms with Crippen molar-refractivity contribution < 1.29 is 9.18 Å². The Labute approximate surface area is 205 Å². The second-order valence-corrected chi connectivity index (χ2v) is 9.49. The fourth-order valence-corrected chi connectivity index (χ4v) is 4.52. The van der Waals surface area contributed by atoms with Crippen molar-refractivity contribution in [2.45, 2.75) is 26.3 Å². The third-order valence-corrected chi connectivity index (χ3v) is 6.72. The number of carbonyl (C=O) groups is 1. The summed E-state index contributed by atoms with van der Waals surface area (Å²) < 4.78 is 16.7. The zero-order chi connectivity index (χ0) is 23.7. The van der Waals surface area contributed by atoms with Gasteiger partial charge in [0.2, 0.25) is 5.91 Å². The molecule has 0 bridgehead atoms. The third-order valence-electron chi connectivity index (χ3n) is 6.19. The largest absolute Gasteiger partial charge is 0.355 e. The molecule has 1 amide bonds. The molecule has 1 atom stereocenters. The van der Waals surface area contributed by atoms with Crippen molar-refractivity contribution in [3.8, 4) is 5.69 Å². The summed E-state index contributed by atoms with van der Waals surface area (Å²) in [6, 6.07) is 12.9. The maximum atomic E-state index is 14.1. The molecule has 0 spiro atoms. The van der Waals surface area contributed by atoms with Gasteiger partial charge in [0.1, 0.15) is 18.0 Å². The number of hydrogen-bond donors (Lipinski definition) is 1. The van der Waals surface area contributed by atoms with Crippen molar-refractivity contribution in [1.82, 2.24) is 25.1 Å². The van der Waals surface area contributed by atoms with Crippen LogP contribution in [0, 0.1) is 18.7 Å². The second kappa shape index (κ2) is 9.50. The third kappa shape index (κ3) is 4.65. The van der Waals surface area contributed by atoms with Gasteiger partial charge in [-0.25, -0.2) is 19.0 Å². The molecule has 4 aromatic rings. The highest BCUT2D eigenvalue weighted by Crippen LogP contribution is 2.28. The number of anilines is 1. The fraction of sp³-hybridized carbons (Fsp3) is 0.280. The van der Waals surface area contributed by atoms with E-state index in [1.807, 2.05) is 36.5 Å². The maximum Gasteiger partial charge on any atom is 0.225 e. The molecule has 5 rings (SSSR count). The van der Waals surface area contributed by atoms with Gasteiger partial charge in [0.25, 0.3) is 0 Å². The number of amides is 1. The minimum atomic E-state index is -0.281. The molecule has 9 heteroatoms. The van der Waals surface area contributed by atoms with Gasteiger partial charge in [0, 0.05) is 30.3 Å². The van der Waals surface area contributed by atoms with E-state index in [0.717, 1.165) is 40.6 Å². The number of carbonyl (C=O) groups excluding carboxylic acids is 1. The van der Waals surface area contributed by atoms with E-state index in [9.17, 15) is 9.18 Å². The fourth-order valence-electron chi connectivity index (χ4n) is 4.25. The first kappa shape index (κ1) is 22.5. The number of piperidine rings is 1. The summed E-state index contributed by atoms with van der Waals surface area (Å²) >= 11 is 3.43. The molecule has 1 saturated heterocycles. The zero-order valence-corrected chi connectivity index (χ0v) is 20.3. The van der Waals surface area contributed by atoms with Gasteiger partial charge in [-0.15, -0.1) is 5.10 Å². The van der Waals surface area contributed by atoms with Gasteiger partial charge in [-0.05, 0) is 55.2 Å². The first-order valence-corrected chi connectivity index (χ1v) is 12.0. The summed E-state index contributed by atoms with van der Waals surface area (Å²) in [5.41, 5.74) is 2.80. The van der Waals surface area contributed by atoms with Crippen LogP contribution in [-0.2, 0) is 11.3 Å². The highest BCUT2D eigenvalue weighted by molar-refractivity contribution is 9.10. The van der Waals surface area contributed by atoms with Crippen LogP contribution in [-0.4, -0.2) is 38.7 Å². The molecule has 0 aliphatic carbocycles. The molecule has 2 aromatic heterocycles. The van der Waals surface area contributed by atoms with E-state index in [-0.39, 0.29) is 17.6 Å². The molecular weight excluding hydrogens is 499 g/mol. The van der Waals surface area contributed by atoms with Gasteiger partial charge in [0.05, 0.1) is 17.0 Å². The average molecular weight is 523 g/mol.